The molecule has 10 heteroatoms. The lowest BCUT2D eigenvalue weighted by atomic mass is 10.0. The van der Waals surface area contributed by atoms with Crippen LogP contribution in [0.25, 0.3) is 0 Å². The number of fused-ring (bicyclic) bond motifs is 1. The number of benzene rings is 2. The quantitative estimate of drug-likeness (QED) is 0.562. The van der Waals surface area contributed by atoms with Crippen molar-refractivity contribution in [3.8, 4) is 11.5 Å². The molecule has 0 aliphatic carbocycles. The third-order valence-corrected chi connectivity index (χ3v) is 4.18. The van der Waals surface area contributed by atoms with Crippen molar-refractivity contribution < 1.29 is 23.9 Å². The van der Waals surface area contributed by atoms with Crippen molar-refractivity contribution in [1.82, 2.24) is 16.2 Å². The van der Waals surface area contributed by atoms with Crippen molar-refractivity contribution in [2.75, 3.05) is 6.79 Å². The van der Waals surface area contributed by atoms with Gasteiger partial charge >= 0.3 is 6.03 Å². The van der Waals surface area contributed by atoms with Gasteiger partial charge in [0.2, 0.25) is 12.7 Å². The van der Waals surface area contributed by atoms with Gasteiger partial charge in [-0.15, -0.1) is 0 Å². The Morgan fingerprint density at radius 2 is 1.75 bits per heavy atom. The van der Waals surface area contributed by atoms with E-state index in [9.17, 15) is 14.4 Å². The molecule has 0 aromatic heterocycles. The van der Waals surface area contributed by atoms with E-state index in [1.807, 2.05) is 0 Å². The summed E-state index contributed by atoms with van der Waals surface area (Å²) >= 11 is 5.85. The van der Waals surface area contributed by atoms with Crippen LogP contribution in [-0.2, 0) is 4.79 Å². The maximum atomic E-state index is 12.2. The molecule has 0 fully saturated rings. The number of carbonyl (C=O) groups is 3. The second-order valence-corrected chi connectivity index (χ2v) is 6.32. The zero-order valence-electron chi connectivity index (χ0n) is 14.5. The lowest BCUT2D eigenvalue weighted by molar-refractivity contribution is -0.122. The van der Waals surface area contributed by atoms with Gasteiger partial charge in [0.05, 0.1) is 12.5 Å². The molecule has 1 atom stereocenters. The van der Waals surface area contributed by atoms with Crippen molar-refractivity contribution in [1.29, 1.82) is 0 Å². The predicted octanol–water partition coefficient (Wildman–Crippen LogP) is 1.63. The smallest absolute Gasteiger partial charge is 0.312 e. The maximum Gasteiger partial charge on any atom is 0.312 e. The molecule has 9 nitrogen and oxygen atoms in total. The van der Waals surface area contributed by atoms with E-state index in [-0.39, 0.29) is 18.8 Å². The molecule has 1 aliphatic heterocycles. The number of halogens is 1. The van der Waals surface area contributed by atoms with E-state index in [0.717, 1.165) is 0 Å². The molecule has 0 spiro atoms. The highest BCUT2D eigenvalue weighted by Crippen LogP contribution is 2.32. The van der Waals surface area contributed by atoms with Crippen LogP contribution in [0.4, 0.5) is 4.79 Å². The highest BCUT2D eigenvalue weighted by atomic mass is 35.5. The van der Waals surface area contributed by atoms with E-state index in [2.05, 4.69) is 16.2 Å². The number of nitrogens with one attached hydrogen (secondary N) is 3. The Bertz CT molecular complexity index is 903. The van der Waals surface area contributed by atoms with E-state index in [1.54, 1.807) is 36.4 Å². The minimum atomic E-state index is -0.780. The summed E-state index contributed by atoms with van der Waals surface area (Å²) in [5, 5.41) is 3.00. The van der Waals surface area contributed by atoms with Crippen LogP contribution in [0.3, 0.4) is 0 Å². The van der Waals surface area contributed by atoms with E-state index in [4.69, 9.17) is 26.8 Å². The average Bonchev–Trinajstić information content (AvgIpc) is 3.13. The van der Waals surface area contributed by atoms with Gasteiger partial charge < -0.3 is 20.5 Å². The van der Waals surface area contributed by atoms with E-state index in [0.29, 0.717) is 22.1 Å². The van der Waals surface area contributed by atoms with Gasteiger partial charge in [-0.2, -0.15) is 0 Å². The summed E-state index contributed by atoms with van der Waals surface area (Å²) in [4.78, 5) is 35.6. The minimum Gasteiger partial charge on any atom is -0.454 e. The normalized spacial score (nSPS) is 12.8. The van der Waals surface area contributed by atoms with E-state index in [1.165, 1.54) is 6.07 Å². The number of hydrogen-bond donors (Lipinski definition) is 4. The van der Waals surface area contributed by atoms with Gasteiger partial charge in [-0.3, -0.25) is 20.4 Å². The lowest BCUT2D eigenvalue weighted by Crippen LogP contribution is -2.44. The van der Waals surface area contributed by atoms with E-state index < -0.39 is 23.9 Å². The lowest BCUT2D eigenvalue weighted by Gasteiger charge is -2.18. The Morgan fingerprint density at radius 1 is 1.04 bits per heavy atom. The number of ether oxygens (including phenoxy) is 2. The number of carbonyl (C=O) groups excluding carboxylic acids is 3. The molecule has 0 bridgehead atoms. The molecule has 1 aliphatic rings. The highest BCUT2D eigenvalue weighted by molar-refractivity contribution is 6.30. The largest absolute Gasteiger partial charge is 0.454 e. The molecule has 0 saturated heterocycles. The van der Waals surface area contributed by atoms with Crippen molar-refractivity contribution in [2.24, 2.45) is 5.73 Å². The fourth-order valence-electron chi connectivity index (χ4n) is 2.59. The molecule has 28 heavy (non-hydrogen) atoms. The van der Waals surface area contributed by atoms with Crippen LogP contribution in [-0.4, -0.2) is 24.6 Å². The van der Waals surface area contributed by atoms with Gasteiger partial charge in [-0.25, -0.2) is 4.79 Å². The third-order valence-electron chi connectivity index (χ3n) is 3.93. The Balaban J connectivity index is 1.58. The summed E-state index contributed by atoms with van der Waals surface area (Å²) in [5.74, 6) is -0.0586. The average molecular weight is 405 g/mol. The van der Waals surface area contributed by atoms with E-state index >= 15 is 0 Å². The van der Waals surface area contributed by atoms with Gasteiger partial charge in [0.25, 0.3) is 5.91 Å². The maximum absolute atomic E-state index is 12.2. The molecule has 0 unspecified atom stereocenters. The Labute approximate surface area is 165 Å². The molecule has 146 valence electrons. The number of amides is 4. The topological polar surface area (TPSA) is 132 Å². The first-order chi connectivity index (χ1) is 13.4. The molecule has 4 amide bonds. The molecular weight excluding hydrogens is 388 g/mol. The number of urea groups is 1. The molecule has 2 aromatic carbocycles. The predicted molar refractivity (Wildman–Crippen MR) is 99.7 cm³/mol. The summed E-state index contributed by atoms with van der Waals surface area (Å²) in [7, 11) is 0. The highest BCUT2D eigenvalue weighted by Gasteiger charge is 2.19. The van der Waals surface area contributed by atoms with Crippen LogP contribution in [0, 0.1) is 0 Å². The summed E-state index contributed by atoms with van der Waals surface area (Å²) in [6.45, 7) is 0.0933. The Hall–Kier alpha value is -3.46. The standard InChI is InChI=1S/C18H17ClN4O5/c19-12-4-1-10(2-5-12)13(21-18(20)26)8-16(24)22-23-17(25)11-3-6-14-15(7-11)28-9-27-14/h1-7,13H,8-9H2,(H,22,24)(H,23,25)(H3,20,21,26)/t13-/m1/s1. The third kappa shape index (κ3) is 4.83. The zero-order valence-corrected chi connectivity index (χ0v) is 15.3. The van der Waals surface area contributed by atoms with Crippen molar-refractivity contribution in [3.05, 3.63) is 58.6 Å². The van der Waals surface area contributed by atoms with Crippen LogP contribution in [0.15, 0.2) is 42.5 Å². The molecule has 2 aromatic rings. The fourth-order valence-corrected chi connectivity index (χ4v) is 2.72. The van der Waals surface area contributed by atoms with Crippen molar-refractivity contribution in [2.45, 2.75) is 12.5 Å². The van der Waals surface area contributed by atoms with Crippen LogP contribution < -0.4 is 31.4 Å². The molecule has 1 heterocycles. The summed E-state index contributed by atoms with van der Waals surface area (Å²) in [6, 6.07) is 9.79. The number of hydrazine groups is 1. The van der Waals surface area contributed by atoms with Crippen LogP contribution in [0.5, 0.6) is 11.5 Å². The van der Waals surface area contributed by atoms with Crippen LogP contribution in [0.1, 0.15) is 28.4 Å². The SMILES string of the molecule is NC(=O)N[C@H](CC(=O)NNC(=O)c1ccc2c(c1)OCO2)c1ccc(Cl)cc1. The first-order valence-corrected chi connectivity index (χ1v) is 8.60. The fraction of sp³-hybridized carbons (Fsp3) is 0.167. The Kier molecular flexibility index (Phi) is 5.85. The second kappa shape index (κ2) is 8.49. The van der Waals surface area contributed by atoms with Crippen molar-refractivity contribution in [3.63, 3.8) is 0 Å². The first kappa shape index (κ1) is 19.3. The molecule has 0 saturated carbocycles. The van der Waals surface area contributed by atoms with Gasteiger partial charge in [0.15, 0.2) is 11.5 Å². The van der Waals surface area contributed by atoms with Gasteiger partial charge in [0, 0.05) is 10.6 Å². The Morgan fingerprint density at radius 3 is 2.46 bits per heavy atom. The summed E-state index contributed by atoms with van der Waals surface area (Å²) in [5.41, 5.74) is 10.7. The molecule has 3 rings (SSSR count). The summed E-state index contributed by atoms with van der Waals surface area (Å²) in [6.07, 6.45) is -0.147. The number of rotatable bonds is 5. The van der Waals surface area contributed by atoms with Gasteiger partial charge in [-0.05, 0) is 35.9 Å². The zero-order chi connectivity index (χ0) is 20.1. The van der Waals surface area contributed by atoms with Gasteiger partial charge in [-0.1, -0.05) is 23.7 Å². The second-order valence-electron chi connectivity index (χ2n) is 5.89. The van der Waals surface area contributed by atoms with Gasteiger partial charge in [0.1, 0.15) is 0 Å². The number of nitrogens with two attached hydrogens (primary N) is 1. The minimum absolute atomic E-state index is 0.0933. The van der Waals surface area contributed by atoms with Crippen molar-refractivity contribution >= 4 is 29.4 Å². The number of hydrogen-bond acceptors (Lipinski definition) is 5. The number of primary amides is 1. The molecular formula is C18H17ClN4O5. The molecule has 0 radical (unpaired) electrons. The summed E-state index contributed by atoms with van der Waals surface area (Å²) < 4.78 is 10.4. The first-order valence-electron chi connectivity index (χ1n) is 8.22. The molecule has 5 N–H and O–H groups in total. The van der Waals surface area contributed by atoms with Crippen LogP contribution >= 0.6 is 11.6 Å². The van der Waals surface area contributed by atoms with Crippen LogP contribution in [0.2, 0.25) is 5.02 Å². The monoisotopic (exact) mass is 404 g/mol.